The van der Waals surface area contributed by atoms with Gasteiger partial charge in [0.2, 0.25) is 0 Å². The molecule has 0 saturated carbocycles. The highest BCUT2D eigenvalue weighted by atomic mass is 32.1. The Labute approximate surface area is 117 Å². The Bertz CT molecular complexity index is 470. The first-order valence-corrected chi connectivity index (χ1v) is 7.22. The van der Waals surface area contributed by atoms with E-state index < -0.39 is 12.0 Å². The molecular formula is C13H20N2O3S. The van der Waals surface area contributed by atoms with Gasteiger partial charge < -0.3 is 10.4 Å². The molecule has 2 N–H and O–H groups in total. The topological polar surface area (TPSA) is 79.3 Å². The van der Waals surface area contributed by atoms with Crippen LogP contribution in [0.2, 0.25) is 0 Å². The zero-order valence-electron chi connectivity index (χ0n) is 11.7. The van der Waals surface area contributed by atoms with E-state index in [4.69, 9.17) is 5.11 Å². The van der Waals surface area contributed by atoms with Crippen molar-refractivity contribution in [3.8, 4) is 0 Å². The number of carbonyl (C=O) groups is 2. The van der Waals surface area contributed by atoms with Crippen LogP contribution in [-0.4, -0.2) is 28.0 Å². The van der Waals surface area contributed by atoms with Gasteiger partial charge in [-0.15, -0.1) is 11.3 Å². The van der Waals surface area contributed by atoms with Gasteiger partial charge in [-0.25, -0.2) is 9.78 Å². The number of carboxylic acid groups (broad SMARTS) is 1. The minimum absolute atomic E-state index is 0.111. The van der Waals surface area contributed by atoms with Gasteiger partial charge in [-0.2, -0.15) is 0 Å². The van der Waals surface area contributed by atoms with Gasteiger partial charge in [0, 0.05) is 0 Å². The summed E-state index contributed by atoms with van der Waals surface area (Å²) in [6.07, 6.45) is 1.46. The third-order valence-corrected chi connectivity index (χ3v) is 4.42. The maximum atomic E-state index is 12.1. The highest BCUT2D eigenvalue weighted by Crippen LogP contribution is 2.19. The summed E-state index contributed by atoms with van der Waals surface area (Å²) < 4.78 is 0. The fourth-order valence-electron chi connectivity index (χ4n) is 1.70. The molecule has 0 bridgehead atoms. The third kappa shape index (κ3) is 3.76. The van der Waals surface area contributed by atoms with Crippen LogP contribution >= 0.6 is 11.3 Å². The van der Waals surface area contributed by atoms with Gasteiger partial charge in [-0.1, -0.05) is 27.2 Å². The number of nitrogens with zero attached hydrogens (tertiary/aromatic N) is 1. The van der Waals surface area contributed by atoms with Gasteiger partial charge in [0.15, 0.2) is 0 Å². The zero-order valence-corrected chi connectivity index (χ0v) is 12.5. The SMILES string of the molecule is CCc1nc(C)c(C(=O)NC(C(=O)O)C(C)CC)s1. The number of aryl methyl sites for hydroxylation is 2. The molecule has 0 fully saturated rings. The van der Waals surface area contributed by atoms with Crippen LogP contribution in [0, 0.1) is 12.8 Å². The highest BCUT2D eigenvalue weighted by molar-refractivity contribution is 7.13. The zero-order chi connectivity index (χ0) is 14.6. The Hall–Kier alpha value is -1.43. The molecular weight excluding hydrogens is 264 g/mol. The lowest BCUT2D eigenvalue weighted by molar-refractivity contribution is -0.140. The van der Waals surface area contributed by atoms with Gasteiger partial charge in [-0.3, -0.25) is 4.79 Å². The van der Waals surface area contributed by atoms with E-state index in [-0.39, 0.29) is 11.8 Å². The second-order valence-electron chi connectivity index (χ2n) is 4.55. The summed E-state index contributed by atoms with van der Waals surface area (Å²) >= 11 is 1.32. The Morgan fingerprint density at radius 1 is 1.42 bits per heavy atom. The van der Waals surface area contributed by atoms with Crippen molar-refractivity contribution in [1.29, 1.82) is 0 Å². The summed E-state index contributed by atoms with van der Waals surface area (Å²) in [7, 11) is 0. The Balaban J connectivity index is 2.87. The van der Waals surface area contributed by atoms with E-state index in [0.717, 1.165) is 11.4 Å². The van der Waals surface area contributed by atoms with E-state index in [2.05, 4.69) is 10.3 Å². The molecule has 1 aromatic rings. The van der Waals surface area contributed by atoms with Gasteiger partial charge >= 0.3 is 5.97 Å². The molecule has 0 aliphatic heterocycles. The van der Waals surface area contributed by atoms with Crippen LogP contribution in [0.15, 0.2) is 0 Å². The standard InChI is InChI=1S/C13H20N2O3S/c1-5-7(3)10(13(17)18)15-12(16)11-8(4)14-9(6-2)19-11/h7,10H,5-6H2,1-4H3,(H,15,16)(H,17,18). The second kappa shape index (κ2) is 6.65. The summed E-state index contributed by atoms with van der Waals surface area (Å²) in [5.74, 6) is -1.46. The first-order chi connectivity index (χ1) is 8.90. The quantitative estimate of drug-likeness (QED) is 0.839. The summed E-state index contributed by atoms with van der Waals surface area (Å²) in [4.78, 5) is 28.1. The number of amides is 1. The summed E-state index contributed by atoms with van der Waals surface area (Å²) in [6.45, 7) is 7.46. The molecule has 0 spiro atoms. The summed E-state index contributed by atoms with van der Waals surface area (Å²) in [5, 5.41) is 12.6. The molecule has 1 rings (SSSR count). The molecule has 106 valence electrons. The smallest absolute Gasteiger partial charge is 0.326 e. The first-order valence-electron chi connectivity index (χ1n) is 6.40. The summed E-state index contributed by atoms with van der Waals surface area (Å²) in [6, 6.07) is -0.857. The normalized spacial score (nSPS) is 13.9. The average Bonchev–Trinajstić information content (AvgIpc) is 2.75. The molecule has 1 amide bonds. The Kier molecular flexibility index (Phi) is 5.47. The van der Waals surface area contributed by atoms with Crippen molar-refractivity contribution in [3.63, 3.8) is 0 Å². The van der Waals surface area contributed by atoms with Crippen molar-refractivity contribution in [2.24, 2.45) is 5.92 Å². The lowest BCUT2D eigenvalue weighted by Gasteiger charge is -2.19. The van der Waals surface area contributed by atoms with Gasteiger partial charge in [0.1, 0.15) is 10.9 Å². The molecule has 6 heteroatoms. The number of aromatic nitrogens is 1. The molecule has 0 radical (unpaired) electrons. The molecule has 1 aromatic heterocycles. The maximum absolute atomic E-state index is 12.1. The van der Waals surface area contributed by atoms with E-state index in [9.17, 15) is 9.59 Å². The average molecular weight is 284 g/mol. The molecule has 5 nitrogen and oxygen atoms in total. The second-order valence-corrected chi connectivity index (χ2v) is 5.63. The van der Waals surface area contributed by atoms with Crippen LogP contribution in [-0.2, 0) is 11.2 Å². The van der Waals surface area contributed by atoms with E-state index in [0.29, 0.717) is 17.0 Å². The van der Waals surface area contributed by atoms with E-state index in [1.54, 1.807) is 6.92 Å². The fraction of sp³-hybridized carbons (Fsp3) is 0.615. The predicted molar refractivity (Wildman–Crippen MR) is 74.6 cm³/mol. The molecule has 19 heavy (non-hydrogen) atoms. The number of nitrogens with one attached hydrogen (secondary N) is 1. The number of aliphatic carboxylic acids is 1. The Morgan fingerprint density at radius 2 is 2.05 bits per heavy atom. The van der Waals surface area contributed by atoms with Crippen molar-refractivity contribution in [2.75, 3.05) is 0 Å². The van der Waals surface area contributed by atoms with Crippen molar-refractivity contribution in [2.45, 2.75) is 46.6 Å². The number of carboxylic acids is 1. The van der Waals surface area contributed by atoms with Crippen LogP contribution in [0.25, 0.3) is 0 Å². The lowest BCUT2D eigenvalue weighted by Crippen LogP contribution is -2.44. The largest absolute Gasteiger partial charge is 0.480 e. The molecule has 2 unspecified atom stereocenters. The number of hydrogen-bond donors (Lipinski definition) is 2. The minimum Gasteiger partial charge on any atom is -0.480 e. The molecule has 0 aliphatic carbocycles. The minimum atomic E-state index is -0.999. The maximum Gasteiger partial charge on any atom is 0.326 e. The number of hydrogen-bond acceptors (Lipinski definition) is 4. The van der Waals surface area contributed by atoms with E-state index in [1.807, 2.05) is 20.8 Å². The van der Waals surface area contributed by atoms with Crippen LogP contribution in [0.3, 0.4) is 0 Å². The molecule has 0 saturated heterocycles. The van der Waals surface area contributed by atoms with Gasteiger partial charge in [0.25, 0.3) is 5.91 Å². The molecule has 1 heterocycles. The van der Waals surface area contributed by atoms with Gasteiger partial charge in [0.05, 0.1) is 10.7 Å². The lowest BCUT2D eigenvalue weighted by atomic mass is 9.99. The van der Waals surface area contributed by atoms with Crippen LogP contribution in [0.5, 0.6) is 0 Å². The van der Waals surface area contributed by atoms with E-state index in [1.165, 1.54) is 11.3 Å². The van der Waals surface area contributed by atoms with Crippen LogP contribution in [0.4, 0.5) is 0 Å². The fourth-order valence-corrected chi connectivity index (χ4v) is 2.61. The molecule has 0 aromatic carbocycles. The van der Waals surface area contributed by atoms with Crippen LogP contribution in [0.1, 0.15) is 47.6 Å². The van der Waals surface area contributed by atoms with Crippen molar-refractivity contribution in [1.82, 2.24) is 10.3 Å². The third-order valence-electron chi connectivity index (χ3n) is 3.12. The van der Waals surface area contributed by atoms with Crippen LogP contribution < -0.4 is 5.32 Å². The molecule has 2 atom stereocenters. The summed E-state index contributed by atoms with van der Waals surface area (Å²) in [5.41, 5.74) is 0.660. The van der Waals surface area contributed by atoms with Crippen molar-refractivity contribution in [3.05, 3.63) is 15.6 Å². The van der Waals surface area contributed by atoms with Crippen molar-refractivity contribution >= 4 is 23.2 Å². The highest BCUT2D eigenvalue weighted by Gasteiger charge is 2.27. The first kappa shape index (κ1) is 15.6. The molecule has 0 aliphatic rings. The number of thiazole rings is 1. The van der Waals surface area contributed by atoms with Crippen molar-refractivity contribution < 1.29 is 14.7 Å². The van der Waals surface area contributed by atoms with Gasteiger partial charge in [-0.05, 0) is 19.3 Å². The number of carbonyl (C=O) groups excluding carboxylic acids is 1. The van der Waals surface area contributed by atoms with E-state index >= 15 is 0 Å². The predicted octanol–water partition coefficient (Wildman–Crippen LogP) is 2.24. The monoisotopic (exact) mass is 284 g/mol. The Morgan fingerprint density at radius 3 is 2.47 bits per heavy atom. The number of rotatable bonds is 6.